The average molecular weight is 379 g/mol. The maximum Gasteiger partial charge on any atom is 0.357 e. The first-order valence-electron chi connectivity index (χ1n) is 7.06. The van der Waals surface area contributed by atoms with Crippen LogP contribution in [0.4, 0.5) is 5.13 Å². The van der Waals surface area contributed by atoms with Crippen LogP contribution in [0, 0.1) is 0 Å². The summed E-state index contributed by atoms with van der Waals surface area (Å²) >= 11 is 4.32. The number of aromatic nitrogens is 2. The van der Waals surface area contributed by atoms with E-state index in [0.29, 0.717) is 10.8 Å². The Hall–Kier alpha value is -2.10. The highest BCUT2D eigenvalue weighted by atomic mass is 32.1. The number of carbonyl (C=O) groups excluding carboxylic acids is 2. The van der Waals surface area contributed by atoms with Gasteiger partial charge in [0.25, 0.3) is 0 Å². The minimum absolute atomic E-state index is 0.163. The first kappa shape index (κ1) is 16.7. The Bertz CT molecular complexity index is 839. The van der Waals surface area contributed by atoms with Gasteiger partial charge in [0.1, 0.15) is 5.01 Å². The van der Waals surface area contributed by atoms with Crippen molar-refractivity contribution in [3.63, 3.8) is 0 Å². The molecule has 24 heavy (non-hydrogen) atoms. The molecule has 0 aliphatic heterocycles. The zero-order valence-electron chi connectivity index (χ0n) is 12.6. The monoisotopic (exact) mass is 379 g/mol. The summed E-state index contributed by atoms with van der Waals surface area (Å²) in [5.74, 6) is -0.711. The average Bonchev–Trinajstić information content (AvgIpc) is 3.28. The zero-order valence-corrected chi connectivity index (χ0v) is 15.1. The summed E-state index contributed by atoms with van der Waals surface area (Å²) in [5.41, 5.74) is 0.911. The van der Waals surface area contributed by atoms with E-state index >= 15 is 0 Å². The van der Waals surface area contributed by atoms with Crippen molar-refractivity contribution in [3.8, 4) is 9.88 Å². The van der Waals surface area contributed by atoms with Crippen LogP contribution in [0.2, 0.25) is 0 Å². The van der Waals surface area contributed by atoms with E-state index in [1.807, 2.05) is 22.9 Å². The fourth-order valence-electron chi connectivity index (χ4n) is 1.86. The van der Waals surface area contributed by atoms with Gasteiger partial charge in [-0.15, -0.1) is 34.0 Å². The van der Waals surface area contributed by atoms with E-state index in [0.717, 1.165) is 9.88 Å². The fourth-order valence-corrected chi connectivity index (χ4v) is 4.19. The van der Waals surface area contributed by atoms with Crippen molar-refractivity contribution in [2.45, 2.75) is 13.3 Å². The molecule has 9 heteroatoms. The molecule has 0 bridgehead atoms. The number of carbonyl (C=O) groups is 2. The Morgan fingerprint density at radius 2 is 2.08 bits per heavy atom. The normalized spacial score (nSPS) is 10.5. The standard InChI is InChI=1S/C15H13N3O3S3/c1-2-21-14(20)10-8-24-15(17-10)18-12(19)6-9-7-23-13(16-9)11-4-3-5-22-11/h3-5,7-8H,2,6H2,1H3,(H,17,18,19). The molecule has 0 aromatic carbocycles. The highest BCUT2D eigenvalue weighted by molar-refractivity contribution is 7.20. The molecule has 3 rings (SSSR count). The quantitative estimate of drug-likeness (QED) is 0.661. The molecule has 124 valence electrons. The molecular formula is C15H13N3O3S3. The van der Waals surface area contributed by atoms with Crippen molar-refractivity contribution >= 4 is 51.0 Å². The first-order chi connectivity index (χ1) is 11.7. The Kier molecular flexibility index (Phi) is 5.34. The summed E-state index contributed by atoms with van der Waals surface area (Å²) in [6, 6.07) is 3.97. The van der Waals surface area contributed by atoms with E-state index in [2.05, 4.69) is 15.3 Å². The zero-order chi connectivity index (χ0) is 16.9. The van der Waals surface area contributed by atoms with Crippen molar-refractivity contribution < 1.29 is 14.3 Å². The number of nitrogens with one attached hydrogen (secondary N) is 1. The smallest absolute Gasteiger partial charge is 0.357 e. The Morgan fingerprint density at radius 1 is 1.21 bits per heavy atom. The molecule has 3 aromatic rings. The summed E-state index contributed by atoms with van der Waals surface area (Å²) in [6.07, 6.45) is 0.163. The molecule has 1 amide bonds. The van der Waals surface area contributed by atoms with E-state index in [4.69, 9.17) is 4.74 Å². The Balaban J connectivity index is 1.59. The van der Waals surface area contributed by atoms with Gasteiger partial charge >= 0.3 is 5.97 Å². The predicted octanol–water partition coefficient (Wildman–Crippen LogP) is 3.69. The molecule has 0 fully saturated rings. The number of amides is 1. The van der Waals surface area contributed by atoms with Crippen LogP contribution in [0.1, 0.15) is 23.1 Å². The van der Waals surface area contributed by atoms with Gasteiger partial charge in [0.15, 0.2) is 10.8 Å². The van der Waals surface area contributed by atoms with Crippen LogP contribution < -0.4 is 5.32 Å². The molecular weight excluding hydrogens is 366 g/mol. The molecule has 3 heterocycles. The van der Waals surface area contributed by atoms with Crippen LogP contribution in [0.15, 0.2) is 28.3 Å². The van der Waals surface area contributed by atoms with Crippen LogP contribution >= 0.6 is 34.0 Å². The third-order valence-electron chi connectivity index (χ3n) is 2.86. The lowest BCUT2D eigenvalue weighted by Gasteiger charge is -1.99. The number of anilines is 1. The van der Waals surface area contributed by atoms with E-state index in [1.165, 1.54) is 22.7 Å². The third kappa shape index (κ3) is 4.05. The van der Waals surface area contributed by atoms with Crippen molar-refractivity contribution in [1.82, 2.24) is 9.97 Å². The van der Waals surface area contributed by atoms with Crippen LogP contribution in [0.3, 0.4) is 0 Å². The minimum atomic E-state index is -0.491. The molecule has 0 aliphatic rings. The van der Waals surface area contributed by atoms with Gasteiger partial charge in [-0.3, -0.25) is 4.79 Å². The second-order valence-corrected chi connectivity index (χ2v) is 7.27. The Labute approximate surface area is 150 Å². The Morgan fingerprint density at radius 3 is 2.83 bits per heavy atom. The van der Waals surface area contributed by atoms with Gasteiger partial charge in [-0.05, 0) is 18.4 Å². The molecule has 0 unspecified atom stereocenters. The molecule has 0 saturated heterocycles. The van der Waals surface area contributed by atoms with Crippen molar-refractivity contribution in [2.24, 2.45) is 0 Å². The maximum atomic E-state index is 12.1. The van der Waals surface area contributed by atoms with Gasteiger partial charge in [-0.25, -0.2) is 14.8 Å². The molecule has 6 nitrogen and oxygen atoms in total. The third-order valence-corrected chi connectivity index (χ3v) is 5.55. The molecule has 0 radical (unpaired) electrons. The highest BCUT2D eigenvalue weighted by Crippen LogP contribution is 2.28. The second kappa shape index (κ2) is 7.65. The van der Waals surface area contributed by atoms with Crippen LogP contribution in [0.5, 0.6) is 0 Å². The molecule has 0 atom stereocenters. The van der Waals surface area contributed by atoms with E-state index in [-0.39, 0.29) is 24.6 Å². The van der Waals surface area contributed by atoms with Crippen molar-refractivity contribution in [1.29, 1.82) is 0 Å². The SMILES string of the molecule is CCOC(=O)c1csc(NC(=O)Cc2csc(-c3cccs3)n2)n1. The van der Waals surface area contributed by atoms with Gasteiger partial charge in [0.05, 0.1) is 23.6 Å². The molecule has 0 spiro atoms. The minimum Gasteiger partial charge on any atom is -0.461 e. The number of nitrogens with zero attached hydrogens (tertiary/aromatic N) is 2. The molecule has 0 saturated carbocycles. The topological polar surface area (TPSA) is 81.2 Å². The summed E-state index contributed by atoms with van der Waals surface area (Å²) in [7, 11) is 0. The summed E-state index contributed by atoms with van der Waals surface area (Å²) in [4.78, 5) is 33.3. The first-order valence-corrected chi connectivity index (χ1v) is 9.70. The van der Waals surface area contributed by atoms with Gasteiger partial charge in [0, 0.05) is 10.8 Å². The number of thiazole rings is 2. The van der Waals surface area contributed by atoms with Crippen LogP contribution in [0.25, 0.3) is 9.88 Å². The molecule has 0 aliphatic carbocycles. The number of rotatable bonds is 6. The lowest BCUT2D eigenvalue weighted by Crippen LogP contribution is -2.14. The van der Waals surface area contributed by atoms with Crippen LogP contribution in [-0.4, -0.2) is 28.5 Å². The lowest BCUT2D eigenvalue weighted by molar-refractivity contribution is -0.115. The largest absolute Gasteiger partial charge is 0.461 e. The molecule has 1 N–H and O–H groups in total. The number of ether oxygens (including phenoxy) is 1. The second-order valence-electron chi connectivity index (χ2n) is 4.60. The summed E-state index contributed by atoms with van der Waals surface area (Å²) in [6.45, 7) is 2.01. The lowest BCUT2D eigenvalue weighted by atomic mass is 10.3. The van der Waals surface area contributed by atoms with E-state index in [1.54, 1.807) is 23.6 Å². The predicted molar refractivity (Wildman–Crippen MR) is 95.8 cm³/mol. The van der Waals surface area contributed by atoms with E-state index < -0.39 is 5.97 Å². The van der Waals surface area contributed by atoms with Gasteiger partial charge in [-0.1, -0.05) is 6.07 Å². The van der Waals surface area contributed by atoms with Crippen LogP contribution in [-0.2, 0) is 16.0 Å². The number of thiophene rings is 1. The van der Waals surface area contributed by atoms with Gasteiger partial charge in [-0.2, -0.15) is 0 Å². The summed E-state index contributed by atoms with van der Waals surface area (Å²) in [5, 5.41) is 9.39. The van der Waals surface area contributed by atoms with Gasteiger partial charge in [0.2, 0.25) is 5.91 Å². The van der Waals surface area contributed by atoms with Crippen molar-refractivity contribution in [2.75, 3.05) is 11.9 Å². The number of esters is 1. The number of hydrogen-bond donors (Lipinski definition) is 1. The van der Waals surface area contributed by atoms with Gasteiger partial charge < -0.3 is 10.1 Å². The maximum absolute atomic E-state index is 12.1. The fraction of sp³-hybridized carbons (Fsp3) is 0.200. The summed E-state index contributed by atoms with van der Waals surface area (Å²) < 4.78 is 4.86. The molecule has 3 aromatic heterocycles. The van der Waals surface area contributed by atoms with E-state index in [9.17, 15) is 9.59 Å². The number of hydrogen-bond acceptors (Lipinski definition) is 8. The highest BCUT2D eigenvalue weighted by Gasteiger charge is 2.14. The van der Waals surface area contributed by atoms with Crippen molar-refractivity contribution in [3.05, 3.63) is 39.7 Å².